The van der Waals surface area contributed by atoms with Gasteiger partial charge in [-0.2, -0.15) is 0 Å². The van der Waals surface area contributed by atoms with E-state index in [0.717, 1.165) is 35.5 Å². The van der Waals surface area contributed by atoms with Crippen molar-refractivity contribution in [3.05, 3.63) is 95.1 Å². The van der Waals surface area contributed by atoms with Gasteiger partial charge in [-0.3, -0.25) is 0 Å². The predicted molar refractivity (Wildman–Crippen MR) is 115 cm³/mol. The van der Waals surface area contributed by atoms with Crippen LogP contribution in [0.15, 0.2) is 72.8 Å². The molecule has 0 radical (unpaired) electrons. The first-order valence-corrected chi connectivity index (χ1v) is 10.4. The van der Waals surface area contributed by atoms with E-state index in [-0.39, 0.29) is 5.92 Å². The smallest absolute Gasteiger partial charge is 0.157 e. The molecule has 0 spiro atoms. The summed E-state index contributed by atoms with van der Waals surface area (Å²) in [6.07, 6.45) is 1.82. The number of hydrogen-bond acceptors (Lipinski definition) is 4. The van der Waals surface area contributed by atoms with Crippen LogP contribution in [0.25, 0.3) is 0 Å². The highest BCUT2D eigenvalue weighted by molar-refractivity contribution is 5.53. The molecule has 4 nitrogen and oxygen atoms in total. The van der Waals surface area contributed by atoms with Gasteiger partial charge in [-0.15, -0.1) is 0 Å². The van der Waals surface area contributed by atoms with E-state index >= 15 is 0 Å². The van der Waals surface area contributed by atoms with Gasteiger partial charge in [0.05, 0.1) is 14.2 Å². The third-order valence-electron chi connectivity index (χ3n) is 6.75. The molecule has 1 fully saturated rings. The molecular weight excluding hydrogens is 376 g/mol. The quantitative estimate of drug-likeness (QED) is 0.522. The fourth-order valence-electron chi connectivity index (χ4n) is 5.20. The average Bonchev–Trinajstić information content (AvgIpc) is 2.84. The number of methoxy groups -OCH3 is 2. The molecule has 2 heterocycles. The normalized spacial score (nSPS) is 26.8. The van der Waals surface area contributed by atoms with E-state index in [2.05, 4.69) is 55.5 Å². The molecule has 154 valence electrons. The highest BCUT2D eigenvalue weighted by Crippen LogP contribution is 2.61. The summed E-state index contributed by atoms with van der Waals surface area (Å²) in [6, 6.07) is 24.8. The van der Waals surface area contributed by atoms with Gasteiger partial charge in [0.2, 0.25) is 0 Å². The van der Waals surface area contributed by atoms with E-state index in [9.17, 15) is 0 Å². The molecule has 1 unspecified atom stereocenters. The zero-order chi connectivity index (χ0) is 20.8. The lowest BCUT2D eigenvalue weighted by Crippen LogP contribution is -2.57. The van der Waals surface area contributed by atoms with Crippen LogP contribution in [-0.2, 0) is 21.0 Å². The van der Waals surface area contributed by atoms with Crippen LogP contribution in [0.4, 0.5) is 0 Å². The lowest BCUT2D eigenvalue weighted by Gasteiger charge is -2.56. The number of fused-ring (bicyclic) bond motifs is 2. The Bertz CT molecular complexity index is 1040. The molecule has 2 aliphatic heterocycles. The van der Waals surface area contributed by atoms with Gasteiger partial charge in [0.15, 0.2) is 11.2 Å². The summed E-state index contributed by atoms with van der Waals surface area (Å²) in [5.41, 5.74) is 3.25. The van der Waals surface area contributed by atoms with Crippen LogP contribution in [0.1, 0.15) is 42.0 Å². The Morgan fingerprint density at radius 2 is 1.33 bits per heavy atom. The van der Waals surface area contributed by atoms with Crippen molar-refractivity contribution in [2.75, 3.05) is 14.2 Å². The summed E-state index contributed by atoms with van der Waals surface area (Å²) < 4.78 is 10.7. The third kappa shape index (κ3) is 2.54. The summed E-state index contributed by atoms with van der Waals surface area (Å²) in [6.45, 7) is 2.23. The van der Waals surface area contributed by atoms with Crippen molar-refractivity contribution in [2.24, 2.45) is 5.92 Å². The number of rotatable bonds is 5. The largest absolute Gasteiger partial charge is 0.497 e. The highest BCUT2D eigenvalue weighted by Gasteiger charge is 2.61. The average molecular weight is 402 g/mol. The summed E-state index contributed by atoms with van der Waals surface area (Å²) in [5, 5.41) is 0. The molecule has 3 atom stereocenters. The number of hydrogen-bond donors (Lipinski definition) is 0. The molecule has 1 aliphatic carbocycles. The molecule has 30 heavy (non-hydrogen) atoms. The SMILES string of the molecule is CCC1C[C@@]2(c3ccc(OC)cc3)OO[C@]1(c1ccc(OC)cc1)c1ccccc12. The van der Waals surface area contributed by atoms with Crippen LogP contribution >= 0.6 is 0 Å². The molecule has 4 heteroatoms. The maximum absolute atomic E-state index is 6.40. The lowest BCUT2D eigenvalue weighted by atomic mass is 9.60. The molecule has 3 aromatic rings. The Morgan fingerprint density at radius 3 is 1.90 bits per heavy atom. The van der Waals surface area contributed by atoms with E-state index in [4.69, 9.17) is 19.2 Å². The maximum Gasteiger partial charge on any atom is 0.157 e. The molecule has 0 N–H and O–H groups in total. The maximum atomic E-state index is 6.40. The summed E-state index contributed by atoms with van der Waals surface area (Å²) in [5.74, 6) is 1.92. The van der Waals surface area contributed by atoms with E-state index in [1.807, 2.05) is 24.3 Å². The fraction of sp³-hybridized carbons (Fsp3) is 0.308. The molecule has 2 bridgehead atoms. The monoisotopic (exact) mass is 402 g/mol. The van der Waals surface area contributed by atoms with Gasteiger partial charge in [-0.25, -0.2) is 9.78 Å². The summed E-state index contributed by atoms with van der Waals surface area (Å²) in [7, 11) is 3.36. The van der Waals surface area contributed by atoms with Crippen molar-refractivity contribution in [1.29, 1.82) is 0 Å². The second-order valence-electron chi connectivity index (χ2n) is 8.04. The number of ether oxygens (including phenoxy) is 2. The van der Waals surface area contributed by atoms with Gasteiger partial charge >= 0.3 is 0 Å². The van der Waals surface area contributed by atoms with E-state index in [1.165, 1.54) is 11.1 Å². The van der Waals surface area contributed by atoms with Crippen LogP contribution in [0.3, 0.4) is 0 Å². The Hall–Kier alpha value is -2.82. The number of benzene rings is 3. The van der Waals surface area contributed by atoms with Gasteiger partial charge in [0, 0.05) is 5.92 Å². The fourth-order valence-corrected chi connectivity index (χ4v) is 5.20. The zero-order valence-corrected chi connectivity index (χ0v) is 17.6. The van der Waals surface area contributed by atoms with E-state index < -0.39 is 11.2 Å². The Labute approximate surface area is 177 Å². The van der Waals surface area contributed by atoms with Gasteiger partial charge in [-0.05, 0) is 59.4 Å². The zero-order valence-electron chi connectivity index (χ0n) is 17.6. The van der Waals surface area contributed by atoms with Crippen molar-refractivity contribution in [3.63, 3.8) is 0 Å². The van der Waals surface area contributed by atoms with Crippen LogP contribution in [0.5, 0.6) is 11.5 Å². The second kappa shape index (κ2) is 7.15. The molecule has 6 rings (SSSR count). The topological polar surface area (TPSA) is 36.9 Å². The highest BCUT2D eigenvalue weighted by atomic mass is 17.2. The lowest BCUT2D eigenvalue weighted by molar-refractivity contribution is -0.458. The van der Waals surface area contributed by atoms with Gasteiger partial charge < -0.3 is 9.47 Å². The second-order valence-corrected chi connectivity index (χ2v) is 8.04. The minimum atomic E-state index is -0.633. The first kappa shape index (κ1) is 19.2. The minimum absolute atomic E-state index is 0.261. The third-order valence-corrected chi connectivity index (χ3v) is 6.75. The Morgan fingerprint density at radius 1 is 0.767 bits per heavy atom. The van der Waals surface area contributed by atoms with Gasteiger partial charge in [0.25, 0.3) is 0 Å². The van der Waals surface area contributed by atoms with Crippen LogP contribution < -0.4 is 9.47 Å². The Kier molecular flexibility index (Phi) is 4.57. The van der Waals surface area contributed by atoms with Crippen LogP contribution in [0.2, 0.25) is 0 Å². The predicted octanol–water partition coefficient (Wildman–Crippen LogP) is 5.58. The molecule has 0 amide bonds. The molecule has 0 aromatic heterocycles. The van der Waals surface area contributed by atoms with Crippen molar-refractivity contribution < 1.29 is 19.2 Å². The van der Waals surface area contributed by atoms with Gasteiger partial charge in [-0.1, -0.05) is 55.5 Å². The molecule has 3 aliphatic rings. The molecule has 1 saturated heterocycles. The first-order valence-electron chi connectivity index (χ1n) is 10.4. The van der Waals surface area contributed by atoms with Crippen LogP contribution in [0, 0.1) is 5.92 Å². The van der Waals surface area contributed by atoms with Crippen molar-refractivity contribution in [2.45, 2.75) is 31.0 Å². The molecule has 0 saturated carbocycles. The molecule has 3 aromatic carbocycles. The van der Waals surface area contributed by atoms with Crippen molar-refractivity contribution in [3.8, 4) is 11.5 Å². The summed E-state index contributed by atoms with van der Waals surface area (Å²) in [4.78, 5) is 12.7. The minimum Gasteiger partial charge on any atom is -0.497 e. The van der Waals surface area contributed by atoms with Crippen molar-refractivity contribution in [1.82, 2.24) is 0 Å². The van der Waals surface area contributed by atoms with E-state index in [0.29, 0.717) is 0 Å². The Balaban J connectivity index is 1.71. The first-order chi connectivity index (χ1) is 14.7. The van der Waals surface area contributed by atoms with Crippen molar-refractivity contribution >= 4 is 0 Å². The van der Waals surface area contributed by atoms with Crippen LogP contribution in [-0.4, -0.2) is 14.2 Å². The standard InChI is InChI=1S/C26H26O4/c1-4-18-17-25(19-9-13-21(27-2)14-10-19)23-7-5-6-8-24(23)26(18,30-29-25)20-11-15-22(28-3)16-12-20/h5-16,18H,4,17H2,1-3H3/t18?,25-,26+/m0/s1. The van der Waals surface area contributed by atoms with Gasteiger partial charge in [0.1, 0.15) is 11.5 Å². The van der Waals surface area contributed by atoms with E-state index in [1.54, 1.807) is 14.2 Å². The summed E-state index contributed by atoms with van der Waals surface area (Å²) >= 11 is 0. The molecular formula is C26H26O4.